The van der Waals surface area contributed by atoms with E-state index in [1.54, 1.807) is 22.9 Å². The van der Waals surface area contributed by atoms with E-state index in [-0.39, 0.29) is 0 Å². The molecule has 0 saturated heterocycles. The van der Waals surface area contributed by atoms with Gasteiger partial charge in [0.25, 0.3) is 0 Å². The van der Waals surface area contributed by atoms with Crippen LogP contribution in [0.2, 0.25) is 0 Å². The lowest BCUT2D eigenvalue weighted by Crippen LogP contribution is -2.37. The lowest BCUT2D eigenvalue weighted by molar-refractivity contribution is -0.550. The Kier molecular flexibility index (Phi) is 5.83. The van der Waals surface area contributed by atoms with Crippen LogP contribution in [0.15, 0.2) is 42.9 Å². The second-order valence-corrected chi connectivity index (χ2v) is 6.53. The maximum Gasteiger partial charge on any atom is 0.613 e. The highest BCUT2D eigenvalue weighted by atomic mass is 31.2. The third-order valence-electron chi connectivity index (χ3n) is 3.24. The monoisotopic (exact) mass is 321 g/mol. The molecule has 0 unspecified atom stereocenters. The zero-order valence-electron chi connectivity index (χ0n) is 13.2. The summed E-state index contributed by atoms with van der Waals surface area (Å²) in [6, 6.07) is 7.83. The van der Waals surface area contributed by atoms with Gasteiger partial charge < -0.3 is 0 Å². The van der Waals surface area contributed by atoms with Crippen molar-refractivity contribution in [1.82, 2.24) is 4.98 Å². The summed E-state index contributed by atoms with van der Waals surface area (Å²) in [7, 11) is -3.33. The molecule has 118 valence electrons. The fourth-order valence-corrected chi connectivity index (χ4v) is 3.97. The van der Waals surface area contributed by atoms with Crippen molar-refractivity contribution in [1.29, 1.82) is 0 Å². The van der Waals surface area contributed by atoms with Gasteiger partial charge in [-0.1, -0.05) is 6.92 Å². The minimum Gasteiger partial charge on any atom is -0.265 e. The van der Waals surface area contributed by atoms with Crippen molar-refractivity contribution in [2.24, 2.45) is 0 Å². The summed E-state index contributed by atoms with van der Waals surface area (Å²) in [4.78, 5) is 4.03. The van der Waals surface area contributed by atoms with E-state index in [2.05, 4.69) is 4.98 Å². The molecule has 0 aliphatic carbocycles. The van der Waals surface area contributed by atoms with Gasteiger partial charge in [-0.3, -0.25) is 14.0 Å². The number of aromatic nitrogens is 2. The summed E-state index contributed by atoms with van der Waals surface area (Å²) >= 11 is 0. The zero-order chi connectivity index (χ0) is 16.0. The van der Waals surface area contributed by atoms with Crippen molar-refractivity contribution in [3.8, 4) is 11.1 Å². The van der Waals surface area contributed by atoms with Crippen LogP contribution in [0.25, 0.3) is 11.1 Å². The molecule has 0 bridgehead atoms. The molecule has 2 aromatic rings. The van der Waals surface area contributed by atoms with Crippen molar-refractivity contribution in [2.75, 3.05) is 13.2 Å². The molecule has 0 aromatic carbocycles. The maximum atomic E-state index is 13.0. The second-order valence-electron chi connectivity index (χ2n) is 4.64. The average molecular weight is 321 g/mol. The first-order valence-corrected chi connectivity index (χ1v) is 8.99. The summed E-state index contributed by atoms with van der Waals surface area (Å²) in [5.74, 6) is 0. The van der Waals surface area contributed by atoms with Gasteiger partial charge in [0, 0.05) is 30.9 Å². The summed E-state index contributed by atoms with van der Waals surface area (Å²) < 4.78 is 25.4. The predicted octanol–water partition coefficient (Wildman–Crippen LogP) is 3.63. The van der Waals surface area contributed by atoms with Gasteiger partial charge >= 0.3 is 7.75 Å². The van der Waals surface area contributed by atoms with E-state index in [0.717, 1.165) is 23.2 Å². The third-order valence-corrected chi connectivity index (χ3v) is 5.32. The summed E-state index contributed by atoms with van der Waals surface area (Å²) in [6.07, 6.45) is 6.02. The highest BCUT2D eigenvalue weighted by Crippen LogP contribution is 2.43. The van der Waals surface area contributed by atoms with E-state index in [1.807, 2.05) is 45.0 Å². The van der Waals surface area contributed by atoms with Crippen LogP contribution in [0, 0.1) is 0 Å². The molecule has 0 saturated carbocycles. The van der Waals surface area contributed by atoms with Crippen molar-refractivity contribution in [2.45, 2.75) is 27.2 Å². The third kappa shape index (κ3) is 3.61. The molecular weight excluding hydrogens is 299 g/mol. The first-order chi connectivity index (χ1) is 10.6. The summed E-state index contributed by atoms with van der Waals surface area (Å²) in [5.41, 5.74) is 3.02. The molecule has 22 heavy (non-hydrogen) atoms. The van der Waals surface area contributed by atoms with Gasteiger partial charge in [-0.05, 0) is 37.1 Å². The van der Waals surface area contributed by atoms with Crippen molar-refractivity contribution >= 4 is 7.75 Å². The standard InChI is InChI=1S/C16H22N2O3P/c1-4-16-13-15(14-7-10-17-11-8-14)9-12-18(16)22(19,20-5-2)21-6-3/h7-13H,4-6H2,1-3H3/q+1. The number of pyridine rings is 2. The second kappa shape index (κ2) is 7.63. The molecule has 2 heterocycles. The predicted molar refractivity (Wildman–Crippen MR) is 85.5 cm³/mol. The van der Waals surface area contributed by atoms with Crippen LogP contribution in [-0.2, 0) is 20.0 Å². The largest absolute Gasteiger partial charge is 0.613 e. The molecular formula is C16H22N2O3P+. The van der Waals surface area contributed by atoms with Gasteiger partial charge in [0.05, 0.1) is 13.2 Å². The molecule has 0 atom stereocenters. The normalized spacial score (nSPS) is 11.6. The Morgan fingerprint density at radius 3 is 2.23 bits per heavy atom. The van der Waals surface area contributed by atoms with Gasteiger partial charge in [-0.2, -0.15) is 4.57 Å². The Hall–Kier alpha value is -1.55. The molecule has 5 nitrogen and oxygen atoms in total. The van der Waals surface area contributed by atoms with Gasteiger partial charge in [0.1, 0.15) is 0 Å². The van der Waals surface area contributed by atoms with Gasteiger partial charge in [0.15, 0.2) is 11.9 Å². The van der Waals surface area contributed by atoms with E-state index in [1.165, 1.54) is 0 Å². The lowest BCUT2D eigenvalue weighted by Gasteiger charge is -2.13. The minimum atomic E-state index is -3.33. The molecule has 0 fully saturated rings. The molecule has 0 aliphatic heterocycles. The van der Waals surface area contributed by atoms with Gasteiger partial charge in [-0.15, -0.1) is 4.34 Å². The molecule has 2 rings (SSSR count). The molecule has 0 radical (unpaired) electrons. The van der Waals surface area contributed by atoms with Crippen molar-refractivity contribution in [3.05, 3.63) is 48.5 Å². The van der Waals surface area contributed by atoms with Gasteiger partial charge in [0.2, 0.25) is 0 Å². The zero-order valence-corrected chi connectivity index (χ0v) is 14.1. The topological polar surface area (TPSA) is 52.3 Å². The molecule has 2 aromatic heterocycles. The molecule has 0 N–H and O–H groups in total. The van der Waals surface area contributed by atoms with Crippen LogP contribution in [-0.4, -0.2) is 18.2 Å². The van der Waals surface area contributed by atoms with Crippen LogP contribution in [0.4, 0.5) is 0 Å². The van der Waals surface area contributed by atoms with Crippen LogP contribution in [0.5, 0.6) is 0 Å². The fourth-order valence-electron chi connectivity index (χ4n) is 2.26. The van der Waals surface area contributed by atoms with Crippen LogP contribution >= 0.6 is 7.75 Å². The Labute approximate surface area is 131 Å². The number of hydrogen-bond acceptors (Lipinski definition) is 4. The Morgan fingerprint density at radius 2 is 1.68 bits per heavy atom. The van der Waals surface area contributed by atoms with Crippen molar-refractivity contribution in [3.63, 3.8) is 0 Å². The smallest absolute Gasteiger partial charge is 0.265 e. The number of rotatable bonds is 7. The highest BCUT2D eigenvalue weighted by molar-refractivity contribution is 7.46. The average Bonchev–Trinajstić information content (AvgIpc) is 2.55. The van der Waals surface area contributed by atoms with E-state index in [4.69, 9.17) is 9.05 Å². The SMILES string of the molecule is CCOP(=O)(OCC)[n+]1ccc(-c2ccncc2)cc1CC. The van der Waals surface area contributed by atoms with Crippen molar-refractivity contribution < 1.29 is 18.0 Å². The first-order valence-electron chi connectivity index (χ1n) is 7.49. The lowest BCUT2D eigenvalue weighted by atomic mass is 10.1. The molecule has 0 amide bonds. The number of nitrogens with zero attached hydrogens (tertiary/aromatic N) is 2. The fraction of sp³-hybridized carbons (Fsp3) is 0.375. The number of aryl methyl sites for hydroxylation is 1. The quantitative estimate of drug-likeness (QED) is 0.731. The first kappa shape index (κ1) is 16.8. The van der Waals surface area contributed by atoms with Crippen LogP contribution in [0.3, 0.4) is 0 Å². The Bertz CT molecular complexity index is 652. The van der Waals surface area contributed by atoms with E-state index < -0.39 is 7.75 Å². The van der Waals surface area contributed by atoms with E-state index in [9.17, 15) is 4.57 Å². The highest BCUT2D eigenvalue weighted by Gasteiger charge is 2.39. The van der Waals surface area contributed by atoms with E-state index in [0.29, 0.717) is 13.2 Å². The van der Waals surface area contributed by atoms with Gasteiger partial charge in [-0.25, -0.2) is 0 Å². The molecule has 0 spiro atoms. The summed E-state index contributed by atoms with van der Waals surface area (Å²) in [5, 5.41) is 0. The Balaban J connectivity index is 2.47. The molecule has 0 aliphatic rings. The molecule has 6 heteroatoms. The summed E-state index contributed by atoms with van der Waals surface area (Å²) in [6.45, 7) is 6.30. The number of hydrogen-bond donors (Lipinski definition) is 0. The van der Waals surface area contributed by atoms with Crippen LogP contribution in [0.1, 0.15) is 26.5 Å². The van der Waals surface area contributed by atoms with Crippen LogP contribution < -0.4 is 4.34 Å². The maximum absolute atomic E-state index is 13.0. The minimum absolute atomic E-state index is 0.333. The van der Waals surface area contributed by atoms with E-state index >= 15 is 0 Å². The Morgan fingerprint density at radius 1 is 1.05 bits per heavy atom.